The molecule has 5 saturated heterocycles. The van der Waals surface area contributed by atoms with Gasteiger partial charge in [0.15, 0.2) is 0 Å². The van der Waals surface area contributed by atoms with Crippen LogP contribution in [0.2, 0.25) is 0 Å². The van der Waals surface area contributed by atoms with Gasteiger partial charge >= 0.3 is 0 Å². The summed E-state index contributed by atoms with van der Waals surface area (Å²) in [4.78, 5) is 16.7. The number of piperazine rings is 1. The Kier molecular flexibility index (Phi) is 6.62. The van der Waals surface area contributed by atoms with E-state index in [2.05, 4.69) is 49.1 Å². The number of pyridine rings is 3. The minimum atomic E-state index is 0.504. The van der Waals surface area contributed by atoms with E-state index >= 15 is 0 Å². The number of ether oxygens (including phenoxy) is 3. The van der Waals surface area contributed by atoms with E-state index in [9.17, 15) is 5.26 Å². The number of hydrogen-bond donors (Lipinski definition) is 0. The zero-order valence-corrected chi connectivity index (χ0v) is 24.2. The first-order valence-electron chi connectivity index (χ1n) is 15.0. The van der Waals surface area contributed by atoms with Gasteiger partial charge in [0.1, 0.15) is 24.2 Å². The van der Waals surface area contributed by atoms with E-state index in [1.54, 1.807) is 17.8 Å². The molecule has 0 spiro atoms. The molecule has 220 valence electrons. The first-order chi connectivity index (χ1) is 21.2. The van der Waals surface area contributed by atoms with Gasteiger partial charge in [0.2, 0.25) is 5.88 Å². The predicted molar refractivity (Wildman–Crippen MR) is 159 cm³/mol. The molecule has 4 unspecified atom stereocenters. The van der Waals surface area contributed by atoms with Crippen LogP contribution in [-0.2, 0) is 11.3 Å². The van der Waals surface area contributed by atoms with Crippen molar-refractivity contribution in [2.24, 2.45) is 0 Å². The highest BCUT2D eigenvalue weighted by molar-refractivity contribution is 5.85. The molecule has 4 bridgehead atoms. The average molecular weight is 579 g/mol. The van der Waals surface area contributed by atoms with E-state index in [4.69, 9.17) is 19.2 Å². The topological polar surface area (TPSA) is 104 Å². The van der Waals surface area contributed by atoms with Gasteiger partial charge < -0.3 is 19.1 Å². The summed E-state index contributed by atoms with van der Waals surface area (Å²) in [6, 6.07) is 14.6. The number of piperidine rings is 1. The summed E-state index contributed by atoms with van der Waals surface area (Å²) in [7, 11) is 1.64. The van der Waals surface area contributed by atoms with E-state index < -0.39 is 0 Å². The molecule has 4 atom stereocenters. The van der Waals surface area contributed by atoms with E-state index in [0.717, 1.165) is 67.6 Å². The van der Waals surface area contributed by atoms with Crippen molar-refractivity contribution in [1.29, 1.82) is 5.26 Å². The molecule has 43 heavy (non-hydrogen) atoms. The third kappa shape index (κ3) is 4.76. The van der Waals surface area contributed by atoms with Crippen molar-refractivity contribution in [2.75, 3.05) is 51.5 Å². The molecule has 0 saturated carbocycles. The molecule has 5 aliphatic rings. The van der Waals surface area contributed by atoms with Crippen LogP contribution in [0.25, 0.3) is 16.6 Å². The number of rotatable bonds is 9. The largest absolute Gasteiger partial charge is 0.491 e. The standard InChI is InChI=1S/C32H34N8O3/c1-41-31-5-2-21(12-35-31)15-39-24-8-25(39)17-37(16-24)30-4-3-22(13-34-30)29-10-28(18-40-32(29)23(11-33)14-36-40)43-7-6-38-26-9-27(38)20-42-19-26/h2-5,10,12-14,18,24-27H,6-9,15-17,19-20H2,1H3. The highest BCUT2D eigenvalue weighted by Crippen LogP contribution is 2.37. The number of aromatic nitrogens is 4. The summed E-state index contributed by atoms with van der Waals surface area (Å²) in [6.07, 6.45) is 9.72. The minimum absolute atomic E-state index is 0.504. The van der Waals surface area contributed by atoms with Crippen molar-refractivity contribution in [3.05, 3.63) is 66.2 Å². The summed E-state index contributed by atoms with van der Waals surface area (Å²) < 4.78 is 18.8. The number of fused-ring (bicyclic) bond motifs is 5. The van der Waals surface area contributed by atoms with Crippen LogP contribution in [0, 0.1) is 11.3 Å². The van der Waals surface area contributed by atoms with Gasteiger partial charge in [-0.05, 0) is 36.6 Å². The maximum atomic E-state index is 9.78. The minimum Gasteiger partial charge on any atom is -0.491 e. The van der Waals surface area contributed by atoms with Crippen LogP contribution in [0.3, 0.4) is 0 Å². The molecule has 5 fully saturated rings. The Hall–Kier alpha value is -4.24. The second-order valence-corrected chi connectivity index (χ2v) is 12.0. The van der Waals surface area contributed by atoms with Crippen molar-refractivity contribution < 1.29 is 14.2 Å². The lowest BCUT2D eigenvalue weighted by Crippen LogP contribution is -2.68. The van der Waals surface area contributed by atoms with E-state index in [1.807, 2.05) is 30.7 Å². The summed E-state index contributed by atoms with van der Waals surface area (Å²) in [5, 5.41) is 14.2. The van der Waals surface area contributed by atoms with E-state index in [1.165, 1.54) is 18.4 Å². The van der Waals surface area contributed by atoms with E-state index in [-0.39, 0.29) is 0 Å². The molecule has 4 aromatic rings. The Morgan fingerprint density at radius 2 is 1.81 bits per heavy atom. The number of hydrogen-bond acceptors (Lipinski definition) is 10. The predicted octanol–water partition coefficient (Wildman–Crippen LogP) is 2.99. The van der Waals surface area contributed by atoms with Gasteiger partial charge in [-0.25, -0.2) is 14.5 Å². The lowest BCUT2D eigenvalue weighted by atomic mass is 9.87. The molecule has 4 aromatic heterocycles. The molecule has 0 aliphatic carbocycles. The zero-order valence-electron chi connectivity index (χ0n) is 24.2. The molecule has 11 nitrogen and oxygen atoms in total. The fourth-order valence-corrected chi connectivity index (χ4v) is 7.23. The van der Waals surface area contributed by atoms with Gasteiger partial charge in [-0.2, -0.15) is 10.4 Å². The molecule has 0 N–H and O–H groups in total. The third-order valence-corrected chi connectivity index (χ3v) is 9.53. The fourth-order valence-electron chi connectivity index (χ4n) is 7.23. The van der Waals surface area contributed by atoms with Crippen LogP contribution in [0.5, 0.6) is 11.6 Å². The van der Waals surface area contributed by atoms with Crippen LogP contribution >= 0.6 is 0 Å². The van der Waals surface area contributed by atoms with Crippen LogP contribution in [0.15, 0.2) is 55.1 Å². The van der Waals surface area contributed by atoms with Gasteiger partial charge in [0.05, 0.1) is 43.8 Å². The third-order valence-electron chi connectivity index (χ3n) is 9.53. The first kappa shape index (κ1) is 26.4. The molecule has 9 heterocycles. The number of nitriles is 1. The Morgan fingerprint density at radius 3 is 2.51 bits per heavy atom. The lowest BCUT2D eigenvalue weighted by molar-refractivity contribution is -0.129. The summed E-state index contributed by atoms with van der Waals surface area (Å²) in [5.41, 5.74) is 4.32. The maximum Gasteiger partial charge on any atom is 0.212 e. The SMILES string of the molecule is COc1ccc(CN2C3CC2CN(c2ccc(-c4cc(OCCN5C6COCC5C6)cn5ncc(C#N)c45)cn2)C3)cn1. The summed E-state index contributed by atoms with van der Waals surface area (Å²) in [6.45, 7) is 5.90. The molecular weight excluding hydrogens is 544 g/mol. The highest BCUT2D eigenvalue weighted by atomic mass is 16.5. The quantitative estimate of drug-likeness (QED) is 0.294. The van der Waals surface area contributed by atoms with Crippen molar-refractivity contribution in [3.63, 3.8) is 0 Å². The molecule has 5 aliphatic heterocycles. The van der Waals surface area contributed by atoms with Crippen LogP contribution < -0.4 is 14.4 Å². The molecular formula is C32H34N8O3. The maximum absolute atomic E-state index is 9.78. The Bertz CT molecular complexity index is 1640. The van der Waals surface area contributed by atoms with Crippen molar-refractivity contribution in [1.82, 2.24) is 29.4 Å². The number of morpholine rings is 1. The summed E-state index contributed by atoms with van der Waals surface area (Å²) in [5.74, 6) is 2.35. The van der Waals surface area contributed by atoms with Crippen LogP contribution in [-0.4, -0.2) is 100 Å². The zero-order chi connectivity index (χ0) is 28.9. The second kappa shape index (κ2) is 10.8. The lowest BCUT2D eigenvalue weighted by Gasteiger charge is -2.56. The number of nitrogens with zero attached hydrogens (tertiary/aromatic N) is 8. The van der Waals surface area contributed by atoms with Crippen molar-refractivity contribution >= 4 is 11.3 Å². The van der Waals surface area contributed by atoms with Gasteiger partial charge in [0, 0.05) is 79.9 Å². The summed E-state index contributed by atoms with van der Waals surface area (Å²) >= 11 is 0. The monoisotopic (exact) mass is 578 g/mol. The normalized spacial score (nSPS) is 24.7. The molecule has 9 rings (SSSR count). The van der Waals surface area contributed by atoms with Gasteiger partial charge in [-0.3, -0.25) is 9.80 Å². The van der Waals surface area contributed by atoms with Gasteiger partial charge in [0.25, 0.3) is 0 Å². The van der Waals surface area contributed by atoms with Gasteiger partial charge in [-0.15, -0.1) is 0 Å². The number of methoxy groups -OCH3 is 1. The van der Waals surface area contributed by atoms with E-state index in [0.29, 0.717) is 42.2 Å². The average Bonchev–Trinajstić information content (AvgIpc) is 3.49. The molecule has 0 aromatic carbocycles. The van der Waals surface area contributed by atoms with Crippen LogP contribution in [0.1, 0.15) is 24.0 Å². The highest BCUT2D eigenvalue weighted by Gasteiger charge is 2.45. The van der Waals surface area contributed by atoms with Crippen LogP contribution in [0.4, 0.5) is 5.82 Å². The Balaban J connectivity index is 0.963. The molecule has 0 amide bonds. The Morgan fingerprint density at radius 1 is 0.977 bits per heavy atom. The first-order valence-corrected chi connectivity index (χ1v) is 15.0. The molecule has 0 radical (unpaired) electrons. The Labute approximate surface area is 250 Å². The fraction of sp³-hybridized carbons (Fsp3) is 0.438. The smallest absolute Gasteiger partial charge is 0.212 e. The van der Waals surface area contributed by atoms with Crippen molar-refractivity contribution in [2.45, 2.75) is 43.6 Å². The number of anilines is 1. The molecule has 11 heteroatoms. The second-order valence-electron chi connectivity index (χ2n) is 12.0. The van der Waals surface area contributed by atoms with Gasteiger partial charge in [-0.1, -0.05) is 6.07 Å². The van der Waals surface area contributed by atoms with Crippen molar-refractivity contribution in [3.8, 4) is 28.8 Å².